The number of nitrogens with zero attached hydrogens (tertiary/aromatic N) is 2. The predicted octanol–water partition coefficient (Wildman–Crippen LogP) is 4.61. The Morgan fingerprint density at radius 2 is 1.77 bits per heavy atom. The fourth-order valence-electron chi connectivity index (χ4n) is 6.45. The first-order valence-electron chi connectivity index (χ1n) is 12.0. The molecule has 2 amide bonds. The summed E-state index contributed by atoms with van der Waals surface area (Å²) in [5.41, 5.74) is 2.81. The van der Waals surface area contributed by atoms with Gasteiger partial charge in [0, 0.05) is 23.9 Å². The molecule has 6 heteroatoms. The molecule has 0 bridgehead atoms. The first-order valence-corrected chi connectivity index (χ1v) is 12.0. The fraction of sp³-hybridized carbons (Fsp3) is 0.310. The van der Waals surface area contributed by atoms with Crippen molar-refractivity contribution in [3.05, 3.63) is 101 Å². The smallest absolute Gasteiger partial charge is 0.249 e. The molecule has 178 valence electrons. The number of piperazine rings is 1. The van der Waals surface area contributed by atoms with Crippen LogP contribution in [0.1, 0.15) is 41.1 Å². The van der Waals surface area contributed by atoms with Gasteiger partial charge in [-0.2, -0.15) is 0 Å². The lowest BCUT2D eigenvalue weighted by atomic mass is 9.73. The van der Waals surface area contributed by atoms with Gasteiger partial charge < -0.3 is 14.5 Å². The summed E-state index contributed by atoms with van der Waals surface area (Å²) < 4.78 is 19.6. The molecule has 3 heterocycles. The number of hydrogen-bond donors (Lipinski definition) is 0. The molecule has 3 aliphatic rings. The number of halogens is 1. The van der Waals surface area contributed by atoms with Crippen molar-refractivity contribution in [2.24, 2.45) is 5.92 Å². The fourth-order valence-corrected chi connectivity index (χ4v) is 6.45. The Balaban J connectivity index is 1.48. The third-order valence-electron chi connectivity index (χ3n) is 7.89. The first kappa shape index (κ1) is 21.8. The minimum absolute atomic E-state index is 0.00145. The van der Waals surface area contributed by atoms with Gasteiger partial charge in [0.2, 0.25) is 11.8 Å². The van der Waals surface area contributed by atoms with Crippen LogP contribution in [0.25, 0.3) is 0 Å². The average Bonchev–Trinajstić information content (AvgIpc) is 3.14. The number of aryl methyl sites for hydroxylation is 1. The molecule has 0 N–H and O–H groups in total. The maximum Gasteiger partial charge on any atom is 0.249 e. The second-order valence-corrected chi connectivity index (χ2v) is 10.0. The maximum atomic E-state index is 14.3. The van der Waals surface area contributed by atoms with Crippen molar-refractivity contribution in [1.29, 1.82) is 0 Å². The van der Waals surface area contributed by atoms with E-state index in [2.05, 4.69) is 6.07 Å². The molecule has 0 aliphatic carbocycles. The third-order valence-corrected chi connectivity index (χ3v) is 7.89. The van der Waals surface area contributed by atoms with Crippen LogP contribution < -0.4 is 4.74 Å². The van der Waals surface area contributed by atoms with E-state index in [1.54, 1.807) is 17.0 Å². The highest BCUT2D eigenvalue weighted by atomic mass is 19.1. The summed E-state index contributed by atoms with van der Waals surface area (Å²) in [7, 11) is 0. The number of amides is 2. The lowest BCUT2D eigenvalue weighted by molar-refractivity contribution is -0.164. The molecule has 0 radical (unpaired) electrons. The molecule has 0 spiro atoms. The van der Waals surface area contributed by atoms with Gasteiger partial charge in [0.1, 0.15) is 23.7 Å². The highest BCUT2D eigenvalue weighted by Gasteiger charge is 2.66. The molecule has 6 rings (SSSR count). The van der Waals surface area contributed by atoms with Gasteiger partial charge in [0.25, 0.3) is 0 Å². The summed E-state index contributed by atoms with van der Waals surface area (Å²) in [5, 5.41) is 0. The quantitative estimate of drug-likeness (QED) is 0.562. The van der Waals surface area contributed by atoms with Crippen molar-refractivity contribution in [2.45, 2.75) is 37.9 Å². The van der Waals surface area contributed by atoms with Crippen LogP contribution in [-0.4, -0.2) is 40.3 Å². The number of benzene rings is 3. The van der Waals surface area contributed by atoms with Crippen LogP contribution in [0.15, 0.2) is 72.8 Å². The van der Waals surface area contributed by atoms with E-state index in [4.69, 9.17) is 4.74 Å². The maximum absolute atomic E-state index is 14.3. The number of rotatable bonds is 3. The summed E-state index contributed by atoms with van der Waals surface area (Å²) in [6.45, 7) is 4.64. The zero-order valence-electron chi connectivity index (χ0n) is 19.8. The number of ether oxygens (including phenoxy) is 1. The van der Waals surface area contributed by atoms with Gasteiger partial charge in [-0.3, -0.25) is 9.59 Å². The molecule has 35 heavy (non-hydrogen) atoms. The van der Waals surface area contributed by atoms with Gasteiger partial charge in [-0.15, -0.1) is 0 Å². The summed E-state index contributed by atoms with van der Waals surface area (Å²) >= 11 is 0. The second kappa shape index (κ2) is 7.94. The van der Waals surface area contributed by atoms with Crippen LogP contribution in [0, 0.1) is 18.7 Å². The predicted molar refractivity (Wildman–Crippen MR) is 129 cm³/mol. The Hall–Kier alpha value is -3.67. The van der Waals surface area contributed by atoms with Gasteiger partial charge >= 0.3 is 0 Å². The van der Waals surface area contributed by atoms with Gasteiger partial charge in [0.05, 0.1) is 12.6 Å². The molecular weight excluding hydrogens is 443 g/mol. The SMILES string of the molecule is Cc1ccc2c(c1)[C@H]1[C@H](CO2)[C@H](c2ccccc2)[C@]2(C)C(=O)N(Cc3ccc(F)cc3)CC(=O)N12. The van der Waals surface area contributed by atoms with Gasteiger partial charge in [-0.1, -0.05) is 60.2 Å². The molecule has 0 saturated carbocycles. The second-order valence-electron chi connectivity index (χ2n) is 10.0. The lowest BCUT2D eigenvalue weighted by Gasteiger charge is -2.47. The van der Waals surface area contributed by atoms with E-state index in [0.29, 0.717) is 6.61 Å². The van der Waals surface area contributed by atoms with Crippen molar-refractivity contribution >= 4 is 11.8 Å². The van der Waals surface area contributed by atoms with E-state index >= 15 is 0 Å². The standard InChI is InChI=1S/C29H27FN2O3/c1-18-8-13-24-22(14-18)27-23(17-35-24)26(20-6-4-3-5-7-20)29(2)28(34)31(16-25(33)32(27)29)15-19-9-11-21(30)12-10-19/h3-14,23,26-27H,15-17H2,1-2H3/t23-,26+,27+,29-/m1/s1. The van der Waals surface area contributed by atoms with Gasteiger partial charge in [-0.05, 0) is 43.2 Å². The Morgan fingerprint density at radius 1 is 1.03 bits per heavy atom. The number of carbonyl (C=O) groups excluding carboxylic acids is 2. The van der Waals surface area contributed by atoms with E-state index < -0.39 is 5.54 Å². The molecule has 3 aromatic carbocycles. The zero-order valence-corrected chi connectivity index (χ0v) is 19.8. The van der Waals surface area contributed by atoms with Gasteiger partial charge in [-0.25, -0.2) is 4.39 Å². The van der Waals surface area contributed by atoms with Crippen LogP contribution in [0.5, 0.6) is 5.75 Å². The number of carbonyl (C=O) groups is 2. The Kier molecular flexibility index (Phi) is 4.95. The van der Waals surface area contributed by atoms with E-state index in [9.17, 15) is 14.0 Å². The minimum Gasteiger partial charge on any atom is -0.493 e. The van der Waals surface area contributed by atoms with Crippen LogP contribution in [0.4, 0.5) is 4.39 Å². The van der Waals surface area contributed by atoms with Crippen LogP contribution in [0.3, 0.4) is 0 Å². The monoisotopic (exact) mass is 470 g/mol. The van der Waals surface area contributed by atoms with Gasteiger partial charge in [0.15, 0.2) is 0 Å². The minimum atomic E-state index is -1.07. The van der Waals surface area contributed by atoms with Crippen molar-refractivity contribution in [3.63, 3.8) is 0 Å². The first-order chi connectivity index (χ1) is 16.9. The molecule has 3 aliphatic heterocycles. The molecule has 0 unspecified atom stereocenters. The van der Waals surface area contributed by atoms with Crippen molar-refractivity contribution in [2.75, 3.05) is 13.2 Å². The molecule has 5 nitrogen and oxygen atoms in total. The van der Waals surface area contributed by atoms with Crippen LogP contribution in [-0.2, 0) is 16.1 Å². The summed E-state index contributed by atoms with van der Waals surface area (Å²) in [6, 6.07) is 21.9. The topological polar surface area (TPSA) is 49.9 Å². The van der Waals surface area contributed by atoms with Crippen molar-refractivity contribution in [1.82, 2.24) is 9.80 Å². The summed E-state index contributed by atoms with van der Waals surface area (Å²) in [5.74, 6) is 0.00823. The average molecular weight is 471 g/mol. The lowest BCUT2D eigenvalue weighted by Crippen LogP contribution is -2.65. The highest BCUT2D eigenvalue weighted by molar-refractivity contribution is 6.00. The van der Waals surface area contributed by atoms with Crippen LogP contribution in [0.2, 0.25) is 0 Å². The van der Waals surface area contributed by atoms with Crippen LogP contribution >= 0.6 is 0 Å². The molecular formula is C29H27FN2O3. The van der Waals surface area contributed by atoms with Crippen molar-refractivity contribution in [3.8, 4) is 5.75 Å². The highest BCUT2D eigenvalue weighted by Crippen LogP contribution is 2.59. The molecule has 3 aromatic rings. The normalized spacial score (nSPS) is 27.2. The van der Waals surface area contributed by atoms with E-state index in [1.165, 1.54) is 12.1 Å². The summed E-state index contributed by atoms with van der Waals surface area (Å²) in [4.78, 5) is 31.6. The van der Waals surface area contributed by atoms with E-state index in [1.807, 2.05) is 61.2 Å². The van der Waals surface area contributed by atoms with E-state index in [0.717, 1.165) is 28.0 Å². The molecule has 0 aromatic heterocycles. The molecule has 4 atom stereocenters. The Bertz CT molecular complexity index is 1310. The zero-order chi connectivity index (χ0) is 24.3. The largest absolute Gasteiger partial charge is 0.493 e. The molecule has 2 saturated heterocycles. The number of fused-ring (bicyclic) bond motifs is 5. The number of hydrogen-bond acceptors (Lipinski definition) is 3. The van der Waals surface area contributed by atoms with Crippen molar-refractivity contribution < 1.29 is 18.7 Å². The van der Waals surface area contributed by atoms with E-state index in [-0.39, 0.29) is 48.6 Å². The Labute approximate surface area is 204 Å². The Morgan fingerprint density at radius 3 is 2.51 bits per heavy atom. The summed E-state index contributed by atoms with van der Waals surface area (Å²) in [6.07, 6.45) is 0. The molecule has 2 fully saturated rings. The third kappa shape index (κ3) is 3.27.